The first-order valence-electron chi connectivity index (χ1n) is 7.89. The average molecular weight is 279 g/mol. The molecule has 4 aliphatic rings. The van der Waals surface area contributed by atoms with Crippen LogP contribution in [0.4, 0.5) is 0 Å². The molecule has 1 aliphatic carbocycles. The van der Waals surface area contributed by atoms with Gasteiger partial charge in [0.25, 0.3) is 0 Å². The van der Waals surface area contributed by atoms with E-state index in [1.54, 1.807) is 0 Å². The molecular weight excluding hydrogens is 254 g/mol. The number of fused-ring (bicyclic) bond motifs is 1. The summed E-state index contributed by atoms with van der Waals surface area (Å²) >= 11 is 0. The van der Waals surface area contributed by atoms with Gasteiger partial charge in [-0.2, -0.15) is 0 Å². The van der Waals surface area contributed by atoms with E-state index >= 15 is 0 Å². The van der Waals surface area contributed by atoms with E-state index in [9.17, 15) is 4.79 Å². The Morgan fingerprint density at radius 1 is 1.15 bits per heavy atom. The molecule has 0 spiro atoms. The molecule has 5 heteroatoms. The number of rotatable bonds is 3. The minimum absolute atomic E-state index is 0.00484. The van der Waals surface area contributed by atoms with Crippen LogP contribution >= 0.6 is 0 Å². The third-order valence-electron chi connectivity index (χ3n) is 6.02. The van der Waals surface area contributed by atoms with E-state index in [2.05, 4.69) is 36.7 Å². The first-order chi connectivity index (χ1) is 9.35. The molecule has 1 saturated carbocycles. The second kappa shape index (κ2) is 3.57. The predicted octanol–water partition coefficient (Wildman–Crippen LogP) is 0.849. The summed E-state index contributed by atoms with van der Waals surface area (Å²) in [5.41, 5.74) is -1.02. The van der Waals surface area contributed by atoms with Crippen LogP contribution in [-0.4, -0.2) is 35.5 Å². The summed E-state index contributed by atoms with van der Waals surface area (Å²) in [5.74, 6) is -0.0550. The van der Waals surface area contributed by atoms with Crippen molar-refractivity contribution in [2.24, 2.45) is 5.41 Å². The van der Waals surface area contributed by atoms with Crippen molar-refractivity contribution in [3.63, 3.8) is 0 Å². The molecule has 0 amide bonds. The molecule has 0 aromatic rings. The fraction of sp³-hybridized carbons (Fsp3) is 0.933. The molecule has 3 aliphatic heterocycles. The van der Waals surface area contributed by atoms with Gasteiger partial charge in [-0.3, -0.25) is 16.0 Å². The number of esters is 1. The van der Waals surface area contributed by atoms with Crippen molar-refractivity contribution in [2.75, 3.05) is 6.54 Å². The Morgan fingerprint density at radius 3 is 2.05 bits per heavy atom. The minimum atomic E-state index is -0.529. The smallest absolute Gasteiger partial charge is 0.330 e. The van der Waals surface area contributed by atoms with E-state index in [0.29, 0.717) is 6.17 Å². The van der Waals surface area contributed by atoms with Crippen LogP contribution in [0.5, 0.6) is 0 Å². The molecule has 0 aromatic heterocycles. The fourth-order valence-corrected chi connectivity index (χ4v) is 4.13. The SMILES string of the molecule is CC(C)(C)C1(OC(=O)C2(C34NC3N4)CCN2)CCCC1. The summed E-state index contributed by atoms with van der Waals surface area (Å²) in [6, 6.07) is 0. The Hall–Kier alpha value is -0.650. The van der Waals surface area contributed by atoms with Crippen LogP contribution in [0.3, 0.4) is 0 Å². The number of carbonyl (C=O) groups is 1. The Balaban J connectivity index is 1.57. The molecule has 20 heavy (non-hydrogen) atoms. The monoisotopic (exact) mass is 279 g/mol. The maximum atomic E-state index is 12.9. The predicted molar refractivity (Wildman–Crippen MR) is 74.9 cm³/mol. The molecule has 3 heterocycles. The highest BCUT2D eigenvalue weighted by atomic mass is 16.6. The van der Waals surface area contributed by atoms with Crippen molar-refractivity contribution in [1.82, 2.24) is 16.0 Å². The van der Waals surface area contributed by atoms with Gasteiger partial charge in [0.15, 0.2) is 5.54 Å². The van der Waals surface area contributed by atoms with Gasteiger partial charge in [-0.05, 0) is 38.6 Å². The van der Waals surface area contributed by atoms with E-state index < -0.39 is 5.54 Å². The summed E-state index contributed by atoms with van der Waals surface area (Å²) in [6.07, 6.45) is 5.50. The van der Waals surface area contributed by atoms with Gasteiger partial charge in [-0.15, -0.1) is 0 Å². The van der Waals surface area contributed by atoms with E-state index in [4.69, 9.17) is 4.74 Å². The van der Waals surface area contributed by atoms with Gasteiger partial charge in [-0.1, -0.05) is 20.8 Å². The molecule has 0 aromatic carbocycles. The molecule has 1 unspecified atom stereocenters. The number of carbonyl (C=O) groups excluding carboxylic acids is 1. The lowest BCUT2D eigenvalue weighted by molar-refractivity contribution is -0.185. The van der Waals surface area contributed by atoms with E-state index in [0.717, 1.165) is 38.6 Å². The van der Waals surface area contributed by atoms with Gasteiger partial charge >= 0.3 is 5.97 Å². The van der Waals surface area contributed by atoms with Gasteiger partial charge < -0.3 is 4.74 Å². The third kappa shape index (κ3) is 1.41. The molecule has 0 bridgehead atoms. The summed E-state index contributed by atoms with van der Waals surface area (Å²) < 4.78 is 6.18. The van der Waals surface area contributed by atoms with Crippen LogP contribution < -0.4 is 16.0 Å². The van der Waals surface area contributed by atoms with Gasteiger partial charge in [0.05, 0.1) is 6.17 Å². The number of hydrogen-bond donors (Lipinski definition) is 3. The zero-order valence-electron chi connectivity index (χ0n) is 12.6. The molecule has 3 N–H and O–H groups in total. The van der Waals surface area contributed by atoms with E-state index in [1.165, 1.54) is 0 Å². The lowest BCUT2D eigenvalue weighted by atomic mass is 9.74. The Bertz CT molecular complexity index is 452. The average Bonchev–Trinajstić information content (AvgIpc) is 3.03. The zero-order chi connectivity index (χ0) is 14.2. The topological polar surface area (TPSA) is 82.2 Å². The largest absolute Gasteiger partial charge is 0.457 e. The van der Waals surface area contributed by atoms with Gasteiger partial charge in [0.2, 0.25) is 0 Å². The van der Waals surface area contributed by atoms with Crippen LogP contribution in [0.15, 0.2) is 0 Å². The zero-order valence-corrected chi connectivity index (χ0v) is 12.6. The Labute approximate surface area is 120 Å². The first-order valence-corrected chi connectivity index (χ1v) is 7.89. The van der Waals surface area contributed by atoms with E-state index in [-0.39, 0.29) is 22.6 Å². The molecular formula is C15H25N3O2. The molecule has 0 radical (unpaired) electrons. The van der Waals surface area contributed by atoms with Crippen LogP contribution in [0, 0.1) is 5.41 Å². The van der Waals surface area contributed by atoms with Crippen molar-refractivity contribution < 1.29 is 9.53 Å². The third-order valence-corrected chi connectivity index (χ3v) is 6.02. The van der Waals surface area contributed by atoms with Crippen molar-refractivity contribution in [1.29, 1.82) is 0 Å². The summed E-state index contributed by atoms with van der Waals surface area (Å²) in [7, 11) is 0. The van der Waals surface area contributed by atoms with Crippen LogP contribution in [-0.2, 0) is 9.53 Å². The summed E-state index contributed by atoms with van der Waals surface area (Å²) in [4.78, 5) is 12.9. The minimum Gasteiger partial charge on any atom is -0.457 e. The molecule has 1 atom stereocenters. The lowest BCUT2D eigenvalue weighted by Crippen LogP contribution is -2.72. The molecule has 4 fully saturated rings. The summed E-state index contributed by atoms with van der Waals surface area (Å²) in [6.45, 7) is 7.48. The highest BCUT2D eigenvalue weighted by Gasteiger charge is 2.84. The Morgan fingerprint density at radius 2 is 1.70 bits per heavy atom. The van der Waals surface area contributed by atoms with Crippen molar-refractivity contribution in [2.45, 2.75) is 75.8 Å². The molecule has 112 valence electrons. The van der Waals surface area contributed by atoms with Crippen LogP contribution in [0.25, 0.3) is 0 Å². The maximum absolute atomic E-state index is 12.9. The van der Waals surface area contributed by atoms with Crippen molar-refractivity contribution in [3.05, 3.63) is 0 Å². The van der Waals surface area contributed by atoms with Gasteiger partial charge in [0, 0.05) is 5.41 Å². The standard InChI is InChI=1S/C15H25N3O2/c1-12(2,3)13(6-4-5-7-13)20-11(19)14(8-9-16-14)15-10(17-15)18-15/h10,16-18H,4-9H2,1-3H3. The maximum Gasteiger partial charge on any atom is 0.330 e. The van der Waals surface area contributed by atoms with Gasteiger partial charge in [0.1, 0.15) is 11.3 Å². The normalized spacial score (nSPS) is 44.5. The van der Waals surface area contributed by atoms with Crippen molar-refractivity contribution >= 4 is 5.97 Å². The van der Waals surface area contributed by atoms with E-state index in [1.807, 2.05) is 0 Å². The first kappa shape index (κ1) is 13.0. The van der Waals surface area contributed by atoms with Crippen LogP contribution in [0.1, 0.15) is 52.9 Å². The van der Waals surface area contributed by atoms with Crippen LogP contribution in [0.2, 0.25) is 0 Å². The van der Waals surface area contributed by atoms with Gasteiger partial charge in [-0.25, -0.2) is 4.79 Å². The number of nitrogens with one attached hydrogen (secondary N) is 3. The van der Waals surface area contributed by atoms with Crippen molar-refractivity contribution in [3.8, 4) is 0 Å². The summed E-state index contributed by atoms with van der Waals surface area (Å²) in [5, 5.41) is 10.0. The second-order valence-corrected chi connectivity index (χ2v) is 7.95. The number of hydrogen-bond acceptors (Lipinski definition) is 5. The highest BCUT2D eigenvalue weighted by Crippen LogP contribution is 2.53. The molecule has 4 rings (SSSR count). The molecule has 5 nitrogen and oxygen atoms in total. The lowest BCUT2D eigenvalue weighted by Gasteiger charge is -2.47. The quantitative estimate of drug-likeness (QED) is 0.527. The number of ether oxygens (including phenoxy) is 1. The fourth-order valence-electron chi connectivity index (χ4n) is 4.13. The second-order valence-electron chi connectivity index (χ2n) is 7.95. The Kier molecular flexibility index (Phi) is 2.33. The highest BCUT2D eigenvalue weighted by molar-refractivity contribution is 5.87. The molecule has 3 saturated heterocycles.